The minimum absolute atomic E-state index is 1.16. The van der Waals surface area contributed by atoms with Crippen molar-refractivity contribution in [3.63, 3.8) is 0 Å². The summed E-state index contributed by atoms with van der Waals surface area (Å²) in [5.74, 6) is 0. The van der Waals surface area contributed by atoms with Gasteiger partial charge in [-0.3, -0.25) is 0 Å². The fourth-order valence-corrected chi connectivity index (χ4v) is 40.3. The van der Waals surface area contributed by atoms with Crippen molar-refractivity contribution in [1.82, 2.24) is 0 Å². The van der Waals surface area contributed by atoms with E-state index in [0.717, 1.165) is 12.8 Å². The van der Waals surface area contributed by atoms with Crippen LogP contribution in [-0.2, 0) is 25.7 Å². The topological polar surface area (TPSA) is 0 Å². The average Bonchev–Trinajstić information content (AvgIpc) is 4.33. The van der Waals surface area contributed by atoms with Crippen LogP contribution in [0.4, 0.5) is 0 Å². The summed E-state index contributed by atoms with van der Waals surface area (Å²) in [4.78, 5) is 22.1. The van der Waals surface area contributed by atoms with Crippen molar-refractivity contribution >= 4 is 112 Å². The molecule has 0 amide bonds. The molecule has 0 saturated heterocycles. The van der Waals surface area contributed by atoms with Gasteiger partial charge in [-0.1, -0.05) is 78.6 Å². The van der Waals surface area contributed by atoms with Crippen molar-refractivity contribution in [3.8, 4) is 68.3 Å². The standard InChI is InChI=1S/C57H67S8.3C4H9.Sn/c1-6-10-14-18-22-40-34-35-58-54(40)48-30-26-44(60-48)45-28-32-50(62-45)56-42(24-20-16-12-8-3)37-52(64-56)53-38-43(25-21-17-13-9-4)57(65-53)51-33-29-47(63-51)46-27-31-49(61-46)55-41(36-39(5)59-55)23-19-15-11-7-2;3*1-3-4-2;/h26-34,36-38H,6-25H2,1-5H3;3*1,3-4H2,2H3;. The predicted octanol–water partition coefficient (Wildman–Crippen LogP) is 26.7. The first-order valence-corrected chi connectivity index (χ1v) is 45.2. The maximum atomic E-state index is 2.82. The van der Waals surface area contributed by atoms with Crippen LogP contribution in [0.2, 0.25) is 13.3 Å². The van der Waals surface area contributed by atoms with E-state index in [9.17, 15) is 0 Å². The number of aryl methyl sites for hydroxylation is 5. The van der Waals surface area contributed by atoms with Gasteiger partial charge >= 0.3 is 266 Å². The maximum absolute atomic E-state index is 2.82. The zero-order valence-electron chi connectivity index (χ0n) is 49.2. The van der Waals surface area contributed by atoms with E-state index in [-0.39, 0.29) is 0 Å². The fraction of sp³-hybridized carbons (Fsp3) is 0.536. The van der Waals surface area contributed by atoms with E-state index in [4.69, 9.17) is 0 Å². The van der Waals surface area contributed by atoms with Crippen LogP contribution in [0.3, 0.4) is 0 Å². The Morgan fingerprint density at radius 2 is 0.564 bits per heavy atom. The Hall–Kier alpha value is -1.60. The van der Waals surface area contributed by atoms with Crippen molar-refractivity contribution < 1.29 is 0 Å². The molecule has 9 heteroatoms. The Labute approximate surface area is 510 Å². The third-order valence-corrected chi connectivity index (χ3v) is 44.6. The van der Waals surface area contributed by atoms with Crippen molar-refractivity contribution in [2.24, 2.45) is 0 Å². The second-order valence-electron chi connectivity index (χ2n) is 22.6. The van der Waals surface area contributed by atoms with E-state index in [2.05, 4.69) is 174 Å². The van der Waals surface area contributed by atoms with Crippen molar-refractivity contribution in [2.45, 2.75) is 236 Å². The summed E-state index contributed by atoms with van der Waals surface area (Å²) in [6.45, 7) is 18.9. The van der Waals surface area contributed by atoms with Gasteiger partial charge in [-0.25, -0.2) is 0 Å². The monoisotopic (exact) mass is 1300 g/mol. The predicted molar refractivity (Wildman–Crippen MR) is 368 cm³/mol. The van der Waals surface area contributed by atoms with Gasteiger partial charge in [0.1, 0.15) is 0 Å². The minimum Gasteiger partial charge on any atom is -0.134 e. The minimum atomic E-state index is -2.58. The molecule has 0 fully saturated rings. The van der Waals surface area contributed by atoms with Crippen LogP contribution in [0.1, 0.15) is 217 Å². The molecule has 8 heterocycles. The van der Waals surface area contributed by atoms with Gasteiger partial charge in [0.25, 0.3) is 0 Å². The normalized spacial score (nSPS) is 12.1. The first-order valence-electron chi connectivity index (χ1n) is 31.1. The molecule has 0 saturated carbocycles. The molecule has 422 valence electrons. The third-order valence-electron chi connectivity index (χ3n) is 16.2. The third kappa shape index (κ3) is 16.6. The van der Waals surface area contributed by atoms with Crippen LogP contribution in [0, 0.1) is 6.92 Å². The number of hydrogen-bond acceptors (Lipinski definition) is 8. The molecule has 0 aliphatic heterocycles. The summed E-state index contributed by atoms with van der Waals surface area (Å²) in [5, 5.41) is 0. The smallest absolute Gasteiger partial charge is 0.0264 e. The van der Waals surface area contributed by atoms with Gasteiger partial charge in [-0.2, -0.15) is 0 Å². The number of unbranched alkanes of at least 4 members (excludes halogenated alkanes) is 15. The van der Waals surface area contributed by atoms with Gasteiger partial charge in [0.15, 0.2) is 0 Å². The molecule has 0 aliphatic carbocycles. The summed E-state index contributed by atoms with van der Waals surface area (Å²) in [7, 11) is 0. The second kappa shape index (κ2) is 32.5. The fourth-order valence-electron chi connectivity index (χ4n) is 11.6. The molecule has 0 unspecified atom stereocenters. The van der Waals surface area contributed by atoms with E-state index >= 15 is 0 Å². The first kappa shape index (κ1) is 62.4. The van der Waals surface area contributed by atoms with Crippen LogP contribution in [-0.4, -0.2) is 18.4 Å². The zero-order valence-corrected chi connectivity index (χ0v) is 58.6. The molecular formula is C69H94S8Sn. The van der Waals surface area contributed by atoms with E-state index in [1.54, 1.807) is 40.4 Å². The van der Waals surface area contributed by atoms with Crippen molar-refractivity contribution in [2.75, 3.05) is 0 Å². The molecule has 78 heavy (non-hydrogen) atoms. The quantitative estimate of drug-likeness (QED) is 0.0269. The summed E-state index contributed by atoms with van der Waals surface area (Å²) >= 11 is 14.0. The molecule has 0 bridgehead atoms. The van der Waals surface area contributed by atoms with Crippen LogP contribution in [0.5, 0.6) is 0 Å². The summed E-state index contributed by atoms with van der Waals surface area (Å²) in [6.07, 6.45) is 34.0. The van der Waals surface area contributed by atoms with Crippen molar-refractivity contribution in [3.05, 3.63) is 99.9 Å². The van der Waals surface area contributed by atoms with Gasteiger partial charge in [0.2, 0.25) is 0 Å². The van der Waals surface area contributed by atoms with E-state index in [1.807, 2.05) is 48.2 Å². The molecule has 0 aromatic carbocycles. The van der Waals surface area contributed by atoms with Crippen molar-refractivity contribution in [1.29, 1.82) is 0 Å². The molecule has 8 rings (SSSR count). The van der Waals surface area contributed by atoms with E-state index < -0.39 is 18.4 Å². The molecular weight excluding hydrogens is 1200 g/mol. The van der Waals surface area contributed by atoms with Gasteiger partial charge in [0.05, 0.1) is 0 Å². The van der Waals surface area contributed by atoms with Gasteiger partial charge < -0.3 is 0 Å². The molecule has 0 nitrogen and oxygen atoms in total. The Morgan fingerprint density at radius 1 is 0.269 bits per heavy atom. The van der Waals surface area contributed by atoms with E-state index in [1.165, 1.54) is 222 Å². The second-order valence-corrected chi connectivity index (χ2v) is 45.5. The Morgan fingerprint density at radius 3 is 0.910 bits per heavy atom. The molecule has 0 radical (unpaired) electrons. The Balaban J connectivity index is 1.09. The number of rotatable bonds is 37. The molecule has 0 aliphatic rings. The summed E-state index contributed by atoms with van der Waals surface area (Å²) in [6, 6.07) is 30.1. The Kier molecular flexibility index (Phi) is 26.0. The molecule has 0 N–H and O–H groups in total. The molecule has 0 atom stereocenters. The number of thiophene rings is 8. The van der Waals surface area contributed by atoms with E-state index in [0.29, 0.717) is 0 Å². The molecule has 0 spiro atoms. The molecule has 8 aromatic heterocycles. The van der Waals surface area contributed by atoms with Gasteiger partial charge in [-0.05, 0) is 86.6 Å². The Bertz CT molecular complexity index is 2960. The van der Waals surface area contributed by atoms with Crippen LogP contribution in [0.25, 0.3) is 68.3 Å². The van der Waals surface area contributed by atoms with Crippen LogP contribution in [0.15, 0.2) is 72.8 Å². The maximum Gasteiger partial charge on any atom is -0.0264 e. The molecule has 8 aromatic rings. The zero-order chi connectivity index (χ0) is 54.7. The average molecular weight is 1300 g/mol. The largest absolute Gasteiger partial charge is 0.134 e. The van der Waals surface area contributed by atoms with Gasteiger partial charge in [0, 0.05) is 39.0 Å². The first-order chi connectivity index (χ1) is 38.2. The van der Waals surface area contributed by atoms with Crippen LogP contribution < -0.4 is 2.89 Å². The number of hydrogen-bond donors (Lipinski definition) is 0. The summed E-state index contributed by atoms with van der Waals surface area (Å²) < 4.78 is 6.56. The van der Waals surface area contributed by atoms with Gasteiger partial charge in [-0.15, -0.1) is 45.3 Å². The SMILES string of the molecule is CCCCCCc1cc(C)sc1-c1ccc(-c2ccc(-c3sc(-c4cc(CCCCCC)c(-c5ccc(-c6ccc(-c7s[c]([Sn]([CH2]CCC)([CH2]CCC)[CH2]CCC)cc7CCCCCC)s6)s5)s4)cc3CCCCCC)s2)s1. The summed E-state index contributed by atoms with van der Waals surface area (Å²) in [5.41, 5.74) is 6.35. The van der Waals surface area contributed by atoms with Crippen LogP contribution >= 0.6 is 90.7 Å².